The third kappa shape index (κ3) is 3.90. The highest BCUT2D eigenvalue weighted by molar-refractivity contribution is 5.61. The van der Waals surface area contributed by atoms with Crippen molar-refractivity contribution < 1.29 is 8.81 Å². The minimum absolute atomic E-state index is 0.260. The molecule has 108 valence electrons. The number of nitrogens with one attached hydrogen (secondary N) is 1. The van der Waals surface area contributed by atoms with Crippen LogP contribution in [0, 0.1) is 12.7 Å². The van der Waals surface area contributed by atoms with E-state index < -0.39 is 0 Å². The summed E-state index contributed by atoms with van der Waals surface area (Å²) in [5, 5.41) is 3.35. The fourth-order valence-corrected chi connectivity index (χ4v) is 2.04. The van der Waals surface area contributed by atoms with E-state index in [0.29, 0.717) is 17.7 Å². The minimum Gasteiger partial charge on any atom is -0.441 e. The van der Waals surface area contributed by atoms with Gasteiger partial charge in [0, 0.05) is 18.0 Å². The molecule has 0 saturated carbocycles. The van der Waals surface area contributed by atoms with E-state index in [2.05, 4.69) is 24.1 Å². The molecule has 0 aliphatic rings. The lowest BCUT2D eigenvalue weighted by Gasteiger charge is -2.06. The van der Waals surface area contributed by atoms with Gasteiger partial charge in [-0.1, -0.05) is 19.9 Å². The largest absolute Gasteiger partial charge is 0.441 e. The lowest BCUT2D eigenvalue weighted by atomic mass is 10.1. The highest BCUT2D eigenvalue weighted by Crippen LogP contribution is 2.25. The topological polar surface area (TPSA) is 38.1 Å². The van der Waals surface area contributed by atoms with Crippen LogP contribution in [0.15, 0.2) is 28.8 Å². The van der Waals surface area contributed by atoms with Gasteiger partial charge >= 0.3 is 0 Å². The van der Waals surface area contributed by atoms with Gasteiger partial charge in [-0.25, -0.2) is 9.37 Å². The number of aromatic nitrogens is 1. The molecule has 1 aromatic heterocycles. The molecular formula is C16H21FN2O. The van der Waals surface area contributed by atoms with E-state index in [-0.39, 0.29) is 5.82 Å². The van der Waals surface area contributed by atoms with Crippen LogP contribution in [0.3, 0.4) is 0 Å². The first-order valence-corrected chi connectivity index (χ1v) is 7.01. The molecule has 2 aromatic rings. The second kappa shape index (κ2) is 6.66. The van der Waals surface area contributed by atoms with Crippen LogP contribution in [0.4, 0.5) is 4.39 Å². The third-order valence-electron chi connectivity index (χ3n) is 3.14. The summed E-state index contributed by atoms with van der Waals surface area (Å²) in [4.78, 5) is 4.26. The summed E-state index contributed by atoms with van der Waals surface area (Å²) in [6, 6.07) is 5.18. The molecule has 3 nitrogen and oxygen atoms in total. The fourth-order valence-electron chi connectivity index (χ4n) is 2.04. The number of nitrogens with zero attached hydrogens (tertiary/aromatic N) is 1. The van der Waals surface area contributed by atoms with Crippen molar-refractivity contribution in [1.82, 2.24) is 10.3 Å². The smallest absolute Gasteiger partial charge is 0.194 e. The van der Waals surface area contributed by atoms with Gasteiger partial charge in [0.2, 0.25) is 0 Å². The first kappa shape index (κ1) is 14.7. The maximum atomic E-state index is 13.3. The van der Waals surface area contributed by atoms with E-state index in [1.807, 2.05) is 6.92 Å². The molecule has 0 aliphatic carbocycles. The maximum Gasteiger partial charge on any atom is 0.194 e. The van der Waals surface area contributed by atoms with Crippen LogP contribution in [0.2, 0.25) is 0 Å². The van der Waals surface area contributed by atoms with Gasteiger partial charge in [0.1, 0.15) is 5.82 Å². The Morgan fingerprint density at radius 2 is 2.15 bits per heavy atom. The molecule has 0 unspecified atom stereocenters. The second-order valence-corrected chi connectivity index (χ2v) is 5.29. The summed E-state index contributed by atoms with van der Waals surface area (Å²) in [6.07, 6.45) is 3.43. The number of oxazole rings is 1. The Morgan fingerprint density at radius 1 is 1.35 bits per heavy atom. The molecule has 0 spiro atoms. The van der Waals surface area contributed by atoms with Gasteiger partial charge in [-0.05, 0) is 37.6 Å². The van der Waals surface area contributed by atoms with Crippen LogP contribution < -0.4 is 5.32 Å². The van der Waals surface area contributed by atoms with Gasteiger partial charge < -0.3 is 9.73 Å². The quantitative estimate of drug-likeness (QED) is 0.817. The van der Waals surface area contributed by atoms with Gasteiger partial charge in [0.15, 0.2) is 11.7 Å². The molecule has 1 heterocycles. The van der Waals surface area contributed by atoms with Crippen LogP contribution in [-0.4, -0.2) is 17.6 Å². The van der Waals surface area contributed by atoms with Crippen LogP contribution >= 0.6 is 0 Å². The zero-order valence-corrected chi connectivity index (χ0v) is 12.2. The standard InChI is InChI=1S/C16H21FN2O/c1-11(2)18-8-4-5-16-19-10-15(20-16)14-9-13(17)7-6-12(14)3/h6-7,9-11,18H,4-5,8H2,1-3H3. The van der Waals surface area contributed by atoms with E-state index in [1.165, 1.54) is 12.1 Å². The van der Waals surface area contributed by atoms with Gasteiger partial charge in [-0.3, -0.25) is 0 Å². The lowest BCUT2D eigenvalue weighted by Crippen LogP contribution is -2.23. The van der Waals surface area contributed by atoms with Crippen LogP contribution in [-0.2, 0) is 6.42 Å². The summed E-state index contributed by atoms with van der Waals surface area (Å²) in [5.74, 6) is 1.08. The summed E-state index contributed by atoms with van der Waals surface area (Å²) in [5.41, 5.74) is 1.75. The average Bonchev–Trinajstić information content (AvgIpc) is 2.86. The molecule has 0 radical (unpaired) electrons. The summed E-state index contributed by atoms with van der Waals surface area (Å²) in [7, 11) is 0. The normalized spacial score (nSPS) is 11.2. The Labute approximate surface area is 119 Å². The Balaban J connectivity index is 2.00. The van der Waals surface area contributed by atoms with Crippen LogP contribution in [0.5, 0.6) is 0 Å². The first-order valence-electron chi connectivity index (χ1n) is 7.01. The molecular weight excluding hydrogens is 255 g/mol. The van der Waals surface area contributed by atoms with Gasteiger partial charge in [0.25, 0.3) is 0 Å². The fraction of sp³-hybridized carbons (Fsp3) is 0.438. The van der Waals surface area contributed by atoms with Crippen molar-refractivity contribution in [3.05, 3.63) is 41.7 Å². The maximum absolute atomic E-state index is 13.3. The van der Waals surface area contributed by atoms with E-state index in [0.717, 1.165) is 30.5 Å². The van der Waals surface area contributed by atoms with Gasteiger partial charge in [-0.15, -0.1) is 0 Å². The van der Waals surface area contributed by atoms with E-state index in [9.17, 15) is 4.39 Å². The predicted molar refractivity (Wildman–Crippen MR) is 78.1 cm³/mol. The van der Waals surface area contributed by atoms with E-state index in [4.69, 9.17) is 4.42 Å². The Morgan fingerprint density at radius 3 is 2.90 bits per heavy atom. The zero-order chi connectivity index (χ0) is 14.5. The minimum atomic E-state index is -0.260. The number of hydrogen-bond donors (Lipinski definition) is 1. The number of aryl methyl sites for hydroxylation is 2. The number of benzene rings is 1. The lowest BCUT2D eigenvalue weighted by molar-refractivity contribution is 0.484. The van der Waals surface area contributed by atoms with Crippen LogP contribution in [0.25, 0.3) is 11.3 Å². The molecule has 1 N–H and O–H groups in total. The van der Waals surface area contributed by atoms with E-state index >= 15 is 0 Å². The predicted octanol–water partition coefficient (Wildman–Crippen LogP) is 3.72. The summed E-state index contributed by atoms with van der Waals surface area (Å²) in [6.45, 7) is 7.11. The second-order valence-electron chi connectivity index (χ2n) is 5.29. The summed E-state index contributed by atoms with van der Waals surface area (Å²) < 4.78 is 19.0. The van der Waals surface area contributed by atoms with Crippen molar-refractivity contribution in [2.45, 2.75) is 39.7 Å². The van der Waals surface area contributed by atoms with Gasteiger partial charge in [-0.2, -0.15) is 0 Å². The van der Waals surface area contributed by atoms with Crippen molar-refractivity contribution in [2.75, 3.05) is 6.54 Å². The van der Waals surface area contributed by atoms with Gasteiger partial charge in [0.05, 0.1) is 6.20 Å². The third-order valence-corrected chi connectivity index (χ3v) is 3.14. The first-order chi connectivity index (χ1) is 9.56. The van der Waals surface area contributed by atoms with Crippen molar-refractivity contribution in [2.24, 2.45) is 0 Å². The van der Waals surface area contributed by atoms with Crippen molar-refractivity contribution in [3.8, 4) is 11.3 Å². The molecule has 0 amide bonds. The number of hydrogen-bond acceptors (Lipinski definition) is 3. The molecule has 4 heteroatoms. The molecule has 20 heavy (non-hydrogen) atoms. The average molecular weight is 276 g/mol. The Hall–Kier alpha value is -1.68. The Kier molecular flexibility index (Phi) is 4.90. The molecule has 0 aliphatic heterocycles. The number of rotatable bonds is 6. The van der Waals surface area contributed by atoms with Crippen molar-refractivity contribution >= 4 is 0 Å². The van der Waals surface area contributed by atoms with Crippen molar-refractivity contribution in [1.29, 1.82) is 0 Å². The molecule has 1 aromatic carbocycles. The molecule has 0 fully saturated rings. The van der Waals surface area contributed by atoms with E-state index in [1.54, 1.807) is 12.3 Å². The molecule has 0 saturated heterocycles. The van der Waals surface area contributed by atoms with Crippen molar-refractivity contribution in [3.63, 3.8) is 0 Å². The highest BCUT2D eigenvalue weighted by atomic mass is 19.1. The molecule has 2 rings (SSSR count). The monoisotopic (exact) mass is 276 g/mol. The SMILES string of the molecule is Cc1ccc(F)cc1-c1cnc(CCCNC(C)C)o1. The number of halogens is 1. The Bertz CT molecular complexity index is 563. The molecule has 0 atom stereocenters. The highest BCUT2D eigenvalue weighted by Gasteiger charge is 2.09. The zero-order valence-electron chi connectivity index (χ0n) is 12.2. The summed E-state index contributed by atoms with van der Waals surface area (Å²) >= 11 is 0. The molecule has 0 bridgehead atoms. The van der Waals surface area contributed by atoms with Crippen LogP contribution in [0.1, 0.15) is 31.7 Å².